The number of hydrogen-bond donors (Lipinski definition) is 1. The highest BCUT2D eigenvalue weighted by Crippen LogP contribution is 2.34. The summed E-state index contributed by atoms with van der Waals surface area (Å²) in [4.78, 5) is 8.85. The van der Waals surface area contributed by atoms with Crippen LogP contribution in [-0.2, 0) is 0 Å². The van der Waals surface area contributed by atoms with E-state index in [0.717, 1.165) is 22.5 Å². The Morgan fingerprint density at radius 1 is 1.53 bits per heavy atom. The molecule has 92 valence electrons. The first-order valence-corrected chi connectivity index (χ1v) is 7.27. The fraction of sp³-hybridized carbons (Fsp3) is 0.538. The van der Waals surface area contributed by atoms with Crippen LogP contribution in [0.15, 0.2) is 17.4 Å². The van der Waals surface area contributed by atoms with Gasteiger partial charge < -0.3 is 5.32 Å². The number of aromatic nitrogens is 2. The second-order valence-electron chi connectivity index (χ2n) is 4.43. The van der Waals surface area contributed by atoms with Crippen LogP contribution in [0.25, 0.3) is 6.08 Å². The van der Waals surface area contributed by atoms with Gasteiger partial charge in [0.25, 0.3) is 0 Å². The predicted molar refractivity (Wildman–Crippen MR) is 74.3 cm³/mol. The topological polar surface area (TPSA) is 37.8 Å². The average molecular weight is 249 g/mol. The summed E-state index contributed by atoms with van der Waals surface area (Å²) in [6, 6.07) is 0.503. The lowest BCUT2D eigenvalue weighted by molar-refractivity contribution is 0.687. The zero-order chi connectivity index (χ0) is 12.3. The Hall–Kier alpha value is -1.03. The van der Waals surface area contributed by atoms with E-state index < -0.39 is 0 Å². The van der Waals surface area contributed by atoms with Crippen molar-refractivity contribution < 1.29 is 0 Å². The van der Waals surface area contributed by atoms with E-state index in [4.69, 9.17) is 0 Å². The van der Waals surface area contributed by atoms with Gasteiger partial charge in [0.2, 0.25) is 0 Å². The van der Waals surface area contributed by atoms with Crippen molar-refractivity contribution >= 4 is 23.7 Å². The van der Waals surface area contributed by atoms with Crippen LogP contribution in [0.5, 0.6) is 0 Å². The third-order valence-electron chi connectivity index (χ3n) is 3.02. The smallest absolute Gasteiger partial charge is 0.189 e. The van der Waals surface area contributed by atoms with Gasteiger partial charge in [-0.25, -0.2) is 9.97 Å². The highest BCUT2D eigenvalue weighted by Gasteiger charge is 2.28. The first-order valence-electron chi connectivity index (χ1n) is 6.05. The number of hydrogen-bond acceptors (Lipinski definition) is 4. The van der Waals surface area contributed by atoms with E-state index >= 15 is 0 Å². The number of allylic oxidation sites excluding steroid dienone is 1. The van der Waals surface area contributed by atoms with Crippen LogP contribution < -0.4 is 5.32 Å². The van der Waals surface area contributed by atoms with Gasteiger partial charge in [0.05, 0.1) is 0 Å². The van der Waals surface area contributed by atoms with E-state index in [-0.39, 0.29) is 0 Å². The number of nitrogens with one attached hydrogen (secondary N) is 1. The molecular weight excluding hydrogens is 230 g/mol. The van der Waals surface area contributed by atoms with E-state index in [0.29, 0.717) is 6.04 Å². The maximum Gasteiger partial charge on any atom is 0.189 e. The van der Waals surface area contributed by atoms with Gasteiger partial charge in [0.15, 0.2) is 5.16 Å². The molecule has 0 bridgehead atoms. The van der Waals surface area contributed by atoms with Gasteiger partial charge in [0, 0.05) is 17.8 Å². The Bertz CT molecular complexity index is 413. The summed E-state index contributed by atoms with van der Waals surface area (Å²) in [7, 11) is 0. The van der Waals surface area contributed by atoms with Gasteiger partial charge in [-0.05, 0) is 38.9 Å². The van der Waals surface area contributed by atoms with Crippen molar-refractivity contribution in [2.45, 2.75) is 37.9 Å². The van der Waals surface area contributed by atoms with E-state index in [1.165, 1.54) is 12.8 Å². The lowest BCUT2D eigenvalue weighted by Gasteiger charge is -2.15. The summed E-state index contributed by atoms with van der Waals surface area (Å²) in [5, 5.41) is 4.34. The van der Waals surface area contributed by atoms with E-state index in [2.05, 4.69) is 22.2 Å². The minimum absolute atomic E-state index is 0.503. The zero-order valence-corrected chi connectivity index (χ0v) is 11.4. The second kappa shape index (κ2) is 5.54. The summed E-state index contributed by atoms with van der Waals surface area (Å²) < 4.78 is 0. The first kappa shape index (κ1) is 12.4. The predicted octanol–water partition coefficient (Wildman–Crippen LogP) is 3.44. The van der Waals surface area contributed by atoms with Crippen molar-refractivity contribution in [2.75, 3.05) is 11.6 Å². The molecule has 1 atom stereocenters. The van der Waals surface area contributed by atoms with Crippen LogP contribution in [0.1, 0.15) is 32.3 Å². The highest BCUT2D eigenvalue weighted by molar-refractivity contribution is 7.98. The Morgan fingerprint density at radius 2 is 2.29 bits per heavy atom. The number of rotatable bonds is 5. The fourth-order valence-corrected chi connectivity index (χ4v) is 2.16. The summed E-state index contributed by atoms with van der Waals surface area (Å²) >= 11 is 1.57. The van der Waals surface area contributed by atoms with Crippen LogP contribution in [0.3, 0.4) is 0 Å². The lowest BCUT2D eigenvalue weighted by Crippen LogP contribution is -2.19. The minimum Gasteiger partial charge on any atom is -0.367 e. The quantitative estimate of drug-likeness (QED) is 0.641. The standard InChI is InChI=1S/C13H19N3S/c1-4-5-11-8-14-13(17-3)16-12(11)15-9(2)10-6-7-10/h4-5,8-10H,6-7H2,1-3H3,(H,14,15,16)/b5-4+. The molecule has 1 aliphatic rings. The number of anilines is 1. The molecule has 1 fully saturated rings. The number of nitrogens with zero attached hydrogens (tertiary/aromatic N) is 2. The van der Waals surface area contributed by atoms with Crippen LogP contribution in [0, 0.1) is 5.92 Å². The molecule has 1 saturated carbocycles. The average Bonchev–Trinajstić information content (AvgIpc) is 3.15. The highest BCUT2D eigenvalue weighted by atomic mass is 32.2. The number of thioether (sulfide) groups is 1. The molecule has 1 N–H and O–H groups in total. The molecule has 0 spiro atoms. The molecule has 17 heavy (non-hydrogen) atoms. The molecule has 1 unspecified atom stereocenters. The normalized spacial score (nSPS) is 17.4. The fourth-order valence-electron chi connectivity index (χ4n) is 1.82. The van der Waals surface area contributed by atoms with Gasteiger partial charge in [-0.15, -0.1) is 0 Å². The van der Waals surface area contributed by atoms with Gasteiger partial charge in [-0.2, -0.15) is 0 Å². The summed E-state index contributed by atoms with van der Waals surface area (Å²) in [5.74, 6) is 1.78. The molecular formula is C13H19N3S. The van der Waals surface area contributed by atoms with Crippen molar-refractivity contribution in [1.82, 2.24) is 9.97 Å². The van der Waals surface area contributed by atoms with E-state index in [1.54, 1.807) is 11.8 Å². The Balaban J connectivity index is 2.20. The summed E-state index contributed by atoms with van der Waals surface area (Å²) in [5.41, 5.74) is 1.07. The second-order valence-corrected chi connectivity index (χ2v) is 5.20. The van der Waals surface area contributed by atoms with Crippen molar-refractivity contribution in [3.8, 4) is 0 Å². The van der Waals surface area contributed by atoms with Crippen LogP contribution in [0.2, 0.25) is 0 Å². The maximum atomic E-state index is 4.55. The van der Waals surface area contributed by atoms with Crippen molar-refractivity contribution in [2.24, 2.45) is 5.92 Å². The maximum absolute atomic E-state index is 4.55. The molecule has 0 aromatic carbocycles. The molecule has 1 aliphatic carbocycles. The first-order chi connectivity index (χ1) is 8.24. The molecule has 0 radical (unpaired) electrons. The Labute approximate surface area is 107 Å². The molecule has 0 amide bonds. The van der Waals surface area contributed by atoms with E-state index in [1.807, 2.05) is 31.5 Å². The third-order valence-corrected chi connectivity index (χ3v) is 3.58. The molecule has 0 aliphatic heterocycles. The monoisotopic (exact) mass is 249 g/mol. The Kier molecular flexibility index (Phi) is 4.05. The SMILES string of the molecule is C/C=C/c1cnc(SC)nc1NC(C)C1CC1. The molecule has 2 rings (SSSR count). The summed E-state index contributed by atoms with van der Waals surface area (Å²) in [6.45, 7) is 4.24. The molecule has 1 aromatic rings. The largest absolute Gasteiger partial charge is 0.367 e. The Morgan fingerprint density at radius 3 is 2.88 bits per heavy atom. The molecule has 4 heteroatoms. The summed E-state index contributed by atoms with van der Waals surface area (Å²) in [6.07, 6.45) is 10.6. The molecule has 1 heterocycles. The zero-order valence-electron chi connectivity index (χ0n) is 10.6. The van der Waals surface area contributed by atoms with Gasteiger partial charge in [0.1, 0.15) is 5.82 Å². The molecule has 0 saturated heterocycles. The van der Waals surface area contributed by atoms with Gasteiger partial charge in [-0.3, -0.25) is 0 Å². The van der Waals surface area contributed by atoms with Crippen molar-refractivity contribution in [1.29, 1.82) is 0 Å². The van der Waals surface area contributed by atoms with Crippen LogP contribution >= 0.6 is 11.8 Å². The van der Waals surface area contributed by atoms with E-state index in [9.17, 15) is 0 Å². The third kappa shape index (κ3) is 3.22. The molecule has 3 nitrogen and oxygen atoms in total. The van der Waals surface area contributed by atoms with Gasteiger partial charge >= 0.3 is 0 Å². The molecule has 1 aromatic heterocycles. The van der Waals surface area contributed by atoms with Crippen LogP contribution in [-0.4, -0.2) is 22.3 Å². The van der Waals surface area contributed by atoms with Gasteiger partial charge in [-0.1, -0.05) is 23.9 Å². The lowest BCUT2D eigenvalue weighted by atomic mass is 10.2. The minimum atomic E-state index is 0.503. The van der Waals surface area contributed by atoms with Crippen LogP contribution in [0.4, 0.5) is 5.82 Å². The van der Waals surface area contributed by atoms with Crippen molar-refractivity contribution in [3.63, 3.8) is 0 Å². The van der Waals surface area contributed by atoms with Crippen molar-refractivity contribution in [3.05, 3.63) is 17.8 Å².